The molecule has 2 heterocycles. The maximum absolute atomic E-state index is 13.8. The first-order valence-corrected chi connectivity index (χ1v) is 9.40. The number of nitrogens with one attached hydrogen (secondary N) is 1. The van der Waals surface area contributed by atoms with Gasteiger partial charge in [-0.2, -0.15) is 4.48 Å². The molecular formula is C19H17Cl2FN5O3+. The number of ether oxygens (including phenoxy) is 1. The summed E-state index contributed by atoms with van der Waals surface area (Å²) >= 11 is 12.1. The number of halogens is 3. The molecule has 1 aromatic heterocycles. The van der Waals surface area contributed by atoms with Gasteiger partial charge in [-0.3, -0.25) is 5.32 Å². The molecular weight excluding hydrogens is 436 g/mol. The number of hydrogen-bond acceptors (Lipinski definition) is 6. The molecule has 30 heavy (non-hydrogen) atoms. The minimum atomic E-state index is -0.794. The van der Waals surface area contributed by atoms with Gasteiger partial charge < -0.3 is 10.5 Å². The Morgan fingerprint density at radius 3 is 2.73 bits per heavy atom. The summed E-state index contributed by atoms with van der Waals surface area (Å²) in [6.45, 7) is 1.60. The van der Waals surface area contributed by atoms with Crippen LogP contribution in [0.3, 0.4) is 0 Å². The van der Waals surface area contributed by atoms with E-state index in [-0.39, 0.29) is 33.0 Å². The van der Waals surface area contributed by atoms with Crippen molar-refractivity contribution in [2.24, 2.45) is 0 Å². The van der Waals surface area contributed by atoms with Crippen LogP contribution >= 0.6 is 23.2 Å². The van der Waals surface area contributed by atoms with Crippen molar-refractivity contribution >= 4 is 46.8 Å². The first-order chi connectivity index (χ1) is 14.1. The molecule has 0 bridgehead atoms. The average molecular weight is 453 g/mol. The number of carbonyl (C=O) groups is 2. The summed E-state index contributed by atoms with van der Waals surface area (Å²) < 4.78 is 18.9. The largest absolute Gasteiger partial charge is 0.482 e. The van der Waals surface area contributed by atoms with Gasteiger partial charge in [0, 0.05) is 22.7 Å². The summed E-state index contributed by atoms with van der Waals surface area (Å²) in [6.07, 6.45) is 5.04. The fourth-order valence-corrected chi connectivity index (χ4v) is 3.36. The van der Waals surface area contributed by atoms with E-state index < -0.39 is 28.3 Å². The lowest BCUT2D eigenvalue weighted by molar-refractivity contribution is -0.689. The van der Waals surface area contributed by atoms with Crippen molar-refractivity contribution < 1.29 is 23.2 Å². The van der Waals surface area contributed by atoms with Gasteiger partial charge in [0.05, 0.1) is 12.1 Å². The van der Waals surface area contributed by atoms with E-state index in [0.717, 1.165) is 6.07 Å². The van der Waals surface area contributed by atoms with Crippen LogP contribution in [0.15, 0.2) is 42.6 Å². The van der Waals surface area contributed by atoms with Crippen molar-refractivity contribution in [2.45, 2.75) is 13.0 Å². The smallest absolute Gasteiger partial charge is 0.434 e. The van der Waals surface area contributed by atoms with Crippen molar-refractivity contribution in [1.29, 1.82) is 0 Å². The van der Waals surface area contributed by atoms with Gasteiger partial charge in [0.1, 0.15) is 18.1 Å². The Balaban J connectivity index is 1.83. The molecule has 1 aliphatic rings. The van der Waals surface area contributed by atoms with Crippen LogP contribution in [0.4, 0.5) is 20.8 Å². The highest BCUT2D eigenvalue weighted by molar-refractivity contribution is 6.36. The lowest BCUT2D eigenvalue weighted by Crippen LogP contribution is -2.51. The molecule has 0 aliphatic carbocycles. The number of carbonyl (C=O) groups excluding carboxylic acids is 2. The second-order valence-electron chi connectivity index (χ2n) is 6.54. The van der Waals surface area contributed by atoms with Gasteiger partial charge in [-0.25, -0.2) is 14.0 Å². The van der Waals surface area contributed by atoms with Gasteiger partial charge in [0.25, 0.3) is 0 Å². The molecule has 0 spiro atoms. The molecule has 0 fully saturated rings. The van der Waals surface area contributed by atoms with Crippen LogP contribution in [0.2, 0.25) is 10.0 Å². The summed E-state index contributed by atoms with van der Waals surface area (Å²) in [5, 5.41) is 10.1. The lowest BCUT2D eigenvalue weighted by Gasteiger charge is -2.24. The number of rotatable bonds is 4. The zero-order chi connectivity index (χ0) is 22.1. The second kappa shape index (κ2) is 8.39. The number of anilines is 2. The molecule has 0 saturated carbocycles. The molecule has 3 rings (SSSR count). The van der Waals surface area contributed by atoms with Crippen molar-refractivity contribution in [3.05, 3.63) is 64.1 Å². The Hall–Kier alpha value is -3.01. The highest BCUT2D eigenvalue weighted by Gasteiger charge is 2.38. The molecule has 3 N–H and O–H groups in total. The number of aromatic nitrogens is 2. The number of quaternary nitrogens is 1. The number of nitrogens with zero attached hydrogens (tertiary/aromatic N) is 3. The van der Waals surface area contributed by atoms with Crippen LogP contribution < -0.4 is 15.8 Å². The Morgan fingerprint density at radius 2 is 2.03 bits per heavy atom. The highest BCUT2D eigenvalue weighted by Crippen LogP contribution is 2.36. The summed E-state index contributed by atoms with van der Waals surface area (Å²) in [4.78, 5) is 24.7. The van der Waals surface area contributed by atoms with Gasteiger partial charge in [-0.05, 0) is 31.2 Å². The monoisotopic (exact) mass is 452 g/mol. The molecule has 1 unspecified atom stereocenters. The first kappa shape index (κ1) is 21.7. The van der Waals surface area contributed by atoms with E-state index in [4.69, 9.17) is 33.7 Å². The van der Waals surface area contributed by atoms with Crippen molar-refractivity contribution in [3.8, 4) is 5.75 Å². The molecule has 2 aromatic rings. The topological polar surface area (TPSA) is 107 Å². The van der Waals surface area contributed by atoms with Crippen molar-refractivity contribution in [3.63, 3.8) is 0 Å². The van der Waals surface area contributed by atoms with Crippen molar-refractivity contribution in [1.82, 2.24) is 10.2 Å². The maximum Gasteiger partial charge on any atom is 0.434 e. The van der Waals surface area contributed by atoms with E-state index in [9.17, 15) is 14.0 Å². The van der Waals surface area contributed by atoms with E-state index in [0.29, 0.717) is 0 Å². The van der Waals surface area contributed by atoms with Crippen LogP contribution in [-0.4, -0.2) is 33.7 Å². The lowest BCUT2D eigenvalue weighted by atomic mass is 10.1. The Labute approximate surface area is 181 Å². The Bertz CT molecular complexity index is 1090. The molecule has 156 valence electrons. The zero-order valence-corrected chi connectivity index (χ0v) is 17.4. The predicted molar refractivity (Wildman–Crippen MR) is 110 cm³/mol. The molecule has 1 aliphatic heterocycles. The van der Waals surface area contributed by atoms with Gasteiger partial charge in [-0.15, -0.1) is 10.2 Å². The Kier molecular flexibility index (Phi) is 6.06. The number of benzene rings is 1. The van der Waals surface area contributed by atoms with Gasteiger partial charge in [0.2, 0.25) is 0 Å². The van der Waals surface area contributed by atoms with Gasteiger partial charge >= 0.3 is 11.9 Å². The van der Waals surface area contributed by atoms with Crippen molar-refractivity contribution in [2.75, 3.05) is 18.1 Å². The summed E-state index contributed by atoms with van der Waals surface area (Å²) in [5.74, 6) is -1.08. The molecule has 11 heteroatoms. The predicted octanol–water partition coefficient (Wildman–Crippen LogP) is 4.23. The minimum Gasteiger partial charge on any atom is -0.482 e. The third-order valence-corrected chi connectivity index (χ3v) is 5.14. The number of imide groups is 1. The third kappa shape index (κ3) is 4.13. The van der Waals surface area contributed by atoms with E-state index in [1.807, 2.05) is 0 Å². The van der Waals surface area contributed by atoms with Crippen LogP contribution in [0.1, 0.15) is 18.6 Å². The normalized spacial score (nSPS) is 18.9. The molecule has 8 nitrogen and oxygen atoms in total. The molecule has 1 aromatic carbocycles. The number of hydrogen-bond donors (Lipinski definition) is 2. The van der Waals surface area contributed by atoms with E-state index in [1.54, 1.807) is 13.0 Å². The fourth-order valence-electron chi connectivity index (χ4n) is 2.69. The highest BCUT2D eigenvalue weighted by atomic mass is 35.5. The molecule has 2 atom stereocenters. The molecule has 3 amide bonds. The fraction of sp³-hybridized carbons (Fsp3) is 0.158. The standard InChI is InChI=1S/C19H16Cl2FN5O3/c1-10(16-11(20)6-7-12(22)17(16)21)30-13-9-14(25-26-18(13)23)24-19(29)27(2)8-4-3-5-15(27)28/h3-10H,1-2H3,(H2-,23,24,25,26,29)/p+1/t10-,27?/m1/s1. The quantitative estimate of drug-likeness (QED) is 0.530. The van der Waals surface area contributed by atoms with Crippen LogP contribution in [0, 0.1) is 5.82 Å². The molecule has 0 saturated heterocycles. The van der Waals surface area contributed by atoms with Crippen LogP contribution in [0.5, 0.6) is 5.75 Å². The number of urea groups is 1. The number of nitrogens with two attached hydrogens (primary N) is 1. The SMILES string of the molecule is C[C@@H](Oc1cc(NC(=O)[N+]2(C)C=CC=CC2=O)nnc1N)c1c(Cl)ccc(F)c1Cl. The summed E-state index contributed by atoms with van der Waals surface area (Å²) in [6, 6.07) is 3.18. The average Bonchev–Trinajstić information content (AvgIpc) is 2.70. The van der Waals surface area contributed by atoms with Gasteiger partial charge in [0.15, 0.2) is 17.4 Å². The number of likely N-dealkylation sites (N-methyl/N-ethyl adjacent to an activating group) is 1. The van der Waals surface area contributed by atoms with Crippen LogP contribution in [-0.2, 0) is 4.79 Å². The number of allylic oxidation sites excluding steroid dienone is 2. The zero-order valence-electron chi connectivity index (χ0n) is 15.9. The Morgan fingerprint density at radius 1 is 1.30 bits per heavy atom. The third-order valence-electron chi connectivity index (χ3n) is 4.42. The number of amides is 3. The van der Waals surface area contributed by atoms with Crippen LogP contribution in [0.25, 0.3) is 0 Å². The van der Waals surface area contributed by atoms with Gasteiger partial charge in [-0.1, -0.05) is 23.2 Å². The van der Waals surface area contributed by atoms with E-state index in [2.05, 4.69) is 15.5 Å². The first-order valence-electron chi connectivity index (χ1n) is 8.65. The summed E-state index contributed by atoms with van der Waals surface area (Å²) in [5.41, 5.74) is 6.04. The minimum absolute atomic E-state index is 0.00272. The molecule has 0 radical (unpaired) electrons. The second-order valence-corrected chi connectivity index (χ2v) is 7.33. The van der Waals surface area contributed by atoms with E-state index in [1.165, 1.54) is 37.5 Å². The number of nitrogen functional groups attached to an aromatic ring is 1. The van der Waals surface area contributed by atoms with E-state index >= 15 is 0 Å². The summed E-state index contributed by atoms with van der Waals surface area (Å²) in [7, 11) is 1.43. The maximum atomic E-state index is 13.8.